The highest BCUT2D eigenvalue weighted by Gasteiger charge is 1.99. The summed E-state index contributed by atoms with van der Waals surface area (Å²) in [6.45, 7) is 0.606. The van der Waals surface area contributed by atoms with Gasteiger partial charge < -0.3 is 9.84 Å². The zero-order chi connectivity index (χ0) is 12.8. The van der Waals surface area contributed by atoms with Gasteiger partial charge in [-0.05, 0) is 36.6 Å². The molecule has 0 fully saturated rings. The van der Waals surface area contributed by atoms with E-state index in [1.165, 1.54) is 0 Å². The van der Waals surface area contributed by atoms with E-state index in [1.807, 2.05) is 30.3 Å². The van der Waals surface area contributed by atoms with Gasteiger partial charge in [-0.2, -0.15) is 0 Å². The average molecular weight is 263 g/mol. The maximum atomic E-state index is 9.29. The molecule has 18 heavy (non-hydrogen) atoms. The second kappa shape index (κ2) is 6.31. The molecule has 0 aliphatic carbocycles. The Morgan fingerprint density at radius 3 is 2.67 bits per heavy atom. The molecule has 1 N–H and O–H groups in total. The molecule has 0 radical (unpaired) electrons. The van der Waals surface area contributed by atoms with Crippen LogP contribution in [0.4, 0.5) is 0 Å². The number of aromatic hydroxyl groups is 1. The SMILES string of the molecule is Oc1cccc(OCCCc2ccccc2Cl)c1. The van der Waals surface area contributed by atoms with Gasteiger partial charge in [0, 0.05) is 11.1 Å². The highest BCUT2D eigenvalue weighted by atomic mass is 35.5. The van der Waals surface area contributed by atoms with Crippen molar-refractivity contribution in [2.45, 2.75) is 12.8 Å². The standard InChI is InChI=1S/C15H15ClO2/c16-15-9-2-1-5-12(15)6-4-10-18-14-8-3-7-13(17)11-14/h1-3,5,7-9,11,17H,4,6,10H2. The summed E-state index contributed by atoms with van der Waals surface area (Å²) in [6, 6.07) is 14.6. The lowest BCUT2D eigenvalue weighted by molar-refractivity contribution is 0.309. The Morgan fingerprint density at radius 1 is 1.06 bits per heavy atom. The first-order valence-corrected chi connectivity index (χ1v) is 6.29. The molecule has 0 aliphatic rings. The van der Waals surface area contributed by atoms with E-state index in [0.717, 1.165) is 23.4 Å². The van der Waals surface area contributed by atoms with Gasteiger partial charge in [0.1, 0.15) is 11.5 Å². The zero-order valence-corrected chi connectivity index (χ0v) is 10.7. The van der Waals surface area contributed by atoms with Gasteiger partial charge in [0.2, 0.25) is 0 Å². The first kappa shape index (κ1) is 12.8. The molecule has 0 amide bonds. The van der Waals surface area contributed by atoms with Crippen LogP contribution in [0.2, 0.25) is 5.02 Å². The monoisotopic (exact) mass is 262 g/mol. The van der Waals surface area contributed by atoms with Crippen molar-refractivity contribution < 1.29 is 9.84 Å². The first-order chi connectivity index (χ1) is 8.75. The molecule has 0 unspecified atom stereocenters. The number of rotatable bonds is 5. The summed E-state index contributed by atoms with van der Waals surface area (Å²) in [5.41, 5.74) is 1.14. The average Bonchev–Trinajstić information content (AvgIpc) is 2.37. The zero-order valence-electron chi connectivity index (χ0n) is 9.97. The predicted molar refractivity (Wildman–Crippen MR) is 73.4 cm³/mol. The summed E-state index contributed by atoms with van der Waals surface area (Å²) < 4.78 is 5.55. The Kier molecular flexibility index (Phi) is 4.48. The van der Waals surface area contributed by atoms with Gasteiger partial charge in [0.25, 0.3) is 0 Å². The fourth-order valence-corrected chi connectivity index (χ4v) is 1.96. The van der Waals surface area contributed by atoms with Crippen molar-refractivity contribution in [1.29, 1.82) is 0 Å². The number of benzene rings is 2. The summed E-state index contributed by atoms with van der Waals surface area (Å²) in [7, 11) is 0. The lowest BCUT2D eigenvalue weighted by Gasteiger charge is -2.07. The quantitative estimate of drug-likeness (QED) is 0.824. The molecule has 2 aromatic carbocycles. The van der Waals surface area contributed by atoms with Gasteiger partial charge in [-0.15, -0.1) is 0 Å². The van der Waals surface area contributed by atoms with Gasteiger partial charge in [0.15, 0.2) is 0 Å². The van der Waals surface area contributed by atoms with Crippen LogP contribution >= 0.6 is 11.6 Å². The summed E-state index contributed by atoms with van der Waals surface area (Å²) >= 11 is 6.07. The lowest BCUT2D eigenvalue weighted by Crippen LogP contribution is -1.99. The Bertz CT molecular complexity index is 511. The van der Waals surface area contributed by atoms with Gasteiger partial charge in [-0.25, -0.2) is 0 Å². The largest absolute Gasteiger partial charge is 0.508 e. The van der Waals surface area contributed by atoms with Crippen LogP contribution in [0.3, 0.4) is 0 Å². The number of phenols is 1. The lowest BCUT2D eigenvalue weighted by atomic mass is 10.1. The number of phenolic OH excluding ortho intramolecular Hbond substituents is 1. The highest BCUT2D eigenvalue weighted by Crippen LogP contribution is 2.19. The first-order valence-electron chi connectivity index (χ1n) is 5.91. The maximum Gasteiger partial charge on any atom is 0.122 e. The number of ether oxygens (including phenoxy) is 1. The van der Waals surface area contributed by atoms with E-state index in [1.54, 1.807) is 18.2 Å². The summed E-state index contributed by atoms with van der Waals surface area (Å²) in [5.74, 6) is 0.910. The van der Waals surface area contributed by atoms with Crippen molar-refractivity contribution in [2.75, 3.05) is 6.61 Å². The topological polar surface area (TPSA) is 29.5 Å². The summed E-state index contributed by atoms with van der Waals surface area (Å²) in [6.07, 6.45) is 1.78. The summed E-state index contributed by atoms with van der Waals surface area (Å²) in [5, 5.41) is 10.1. The van der Waals surface area contributed by atoms with Crippen molar-refractivity contribution in [1.82, 2.24) is 0 Å². The van der Waals surface area contributed by atoms with Crippen LogP contribution in [0, 0.1) is 0 Å². The van der Waals surface area contributed by atoms with Crippen molar-refractivity contribution in [2.24, 2.45) is 0 Å². The predicted octanol–water partition coefficient (Wildman–Crippen LogP) is 4.06. The second-order valence-electron chi connectivity index (χ2n) is 4.04. The van der Waals surface area contributed by atoms with Crippen LogP contribution in [0.1, 0.15) is 12.0 Å². The molecule has 0 bridgehead atoms. The molecule has 0 atom stereocenters. The van der Waals surface area contributed by atoms with E-state index in [0.29, 0.717) is 12.4 Å². The molecule has 0 spiro atoms. The Labute approximate surface area is 112 Å². The van der Waals surface area contributed by atoms with Crippen molar-refractivity contribution in [3.63, 3.8) is 0 Å². The molecular formula is C15H15ClO2. The molecule has 0 aliphatic heterocycles. The minimum absolute atomic E-state index is 0.221. The van der Waals surface area contributed by atoms with E-state index in [4.69, 9.17) is 16.3 Å². The van der Waals surface area contributed by atoms with Crippen LogP contribution < -0.4 is 4.74 Å². The van der Waals surface area contributed by atoms with E-state index in [9.17, 15) is 5.11 Å². The normalized spacial score (nSPS) is 10.3. The fraction of sp³-hybridized carbons (Fsp3) is 0.200. The second-order valence-corrected chi connectivity index (χ2v) is 4.45. The Morgan fingerprint density at radius 2 is 1.89 bits per heavy atom. The molecule has 2 nitrogen and oxygen atoms in total. The van der Waals surface area contributed by atoms with E-state index in [-0.39, 0.29) is 5.75 Å². The Balaban J connectivity index is 1.78. The number of halogens is 1. The van der Waals surface area contributed by atoms with Gasteiger partial charge >= 0.3 is 0 Å². The van der Waals surface area contributed by atoms with Crippen LogP contribution in [0.25, 0.3) is 0 Å². The molecule has 2 aromatic rings. The molecule has 0 aromatic heterocycles. The molecule has 3 heteroatoms. The van der Waals surface area contributed by atoms with E-state index < -0.39 is 0 Å². The van der Waals surface area contributed by atoms with Crippen LogP contribution in [0.15, 0.2) is 48.5 Å². The maximum absolute atomic E-state index is 9.29. The molecular weight excluding hydrogens is 248 g/mol. The molecule has 0 heterocycles. The highest BCUT2D eigenvalue weighted by molar-refractivity contribution is 6.31. The van der Waals surface area contributed by atoms with Crippen molar-refractivity contribution in [3.8, 4) is 11.5 Å². The number of hydrogen-bond donors (Lipinski definition) is 1. The Hall–Kier alpha value is -1.67. The van der Waals surface area contributed by atoms with Crippen LogP contribution in [-0.4, -0.2) is 11.7 Å². The minimum atomic E-state index is 0.221. The number of hydrogen-bond acceptors (Lipinski definition) is 2. The van der Waals surface area contributed by atoms with E-state index in [2.05, 4.69) is 0 Å². The van der Waals surface area contributed by atoms with Gasteiger partial charge in [0.05, 0.1) is 6.61 Å². The van der Waals surface area contributed by atoms with Gasteiger partial charge in [-0.3, -0.25) is 0 Å². The van der Waals surface area contributed by atoms with Crippen molar-refractivity contribution >= 4 is 11.6 Å². The van der Waals surface area contributed by atoms with Gasteiger partial charge in [-0.1, -0.05) is 35.9 Å². The van der Waals surface area contributed by atoms with Crippen molar-refractivity contribution in [3.05, 3.63) is 59.1 Å². The van der Waals surface area contributed by atoms with Crippen LogP contribution in [0.5, 0.6) is 11.5 Å². The minimum Gasteiger partial charge on any atom is -0.508 e. The van der Waals surface area contributed by atoms with E-state index >= 15 is 0 Å². The molecule has 2 rings (SSSR count). The third kappa shape index (κ3) is 3.67. The molecule has 0 saturated carbocycles. The molecule has 94 valence electrons. The molecule has 0 saturated heterocycles. The third-order valence-corrected chi connectivity index (χ3v) is 3.00. The number of aryl methyl sites for hydroxylation is 1. The van der Waals surface area contributed by atoms with Crippen LogP contribution in [-0.2, 0) is 6.42 Å². The smallest absolute Gasteiger partial charge is 0.122 e. The summed E-state index contributed by atoms with van der Waals surface area (Å²) in [4.78, 5) is 0. The third-order valence-electron chi connectivity index (χ3n) is 2.63. The fourth-order valence-electron chi connectivity index (χ4n) is 1.73.